The lowest BCUT2D eigenvalue weighted by atomic mass is 10.4. The van der Waals surface area contributed by atoms with Crippen molar-refractivity contribution >= 4 is 28.4 Å². The fourth-order valence-electron chi connectivity index (χ4n) is 1.74. The number of anilines is 1. The molecule has 0 amide bonds. The SMILES string of the molecule is O=S(Nc1ncccc1Cl)C1CCCC1. The van der Waals surface area contributed by atoms with E-state index in [0.29, 0.717) is 10.8 Å². The van der Waals surface area contributed by atoms with Crippen molar-refractivity contribution in [2.75, 3.05) is 4.72 Å². The van der Waals surface area contributed by atoms with Gasteiger partial charge in [-0.1, -0.05) is 24.4 Å². The van der Waals surface area contributed by atoms with Gasteiger partial charge in [0.2, 0.25) is 0 Å². The van der Waals surface area contributed by atoms with E-state index in [9.17, 15) is 4.21 Å². The second-order valence-electron chi connectivity index (χ2n) is 3.64. The zero-order chi connectivity index (χ0) is 10.7. The zero-order valence-corrected chi connectivity index (χ0v) is 9.85. The molecule has 1 aliphatic rings. The van der Waals surface area contributed by atoms with Gasteiger partial charge in [-0.3, -0.25) is 4.72 Å². The molecule has 1 aromatic rings. The molecule has 15 heavy (non-hydrogen) atoms. The van der Waals surface area contributed by atoms with Gasteiger partial charge in [0.25, 0.3) is 0 Å². The predicted molar refractivity (Wildman–Crippen MR) is 63.3 cm³/mol. The third kappa shape index (κ3) is 2.69. The van der Waals surface area contributed by atoms with Crippen LogP contribution in [0, 0.1) is 0 Å². The Morgan fingerprint density at radius 2 is 2.20 bits per heavy atom. The highest BCUT2D eigenvalue weighted by Crippen LogP contribution is 2.25. The van der Waals surface area contributed by atoms with E-state index in [1.54, 1.807) is 18.3 Å². The van der Waals surface area contributed by atoms with E-state index in [1.165, 1.54) is 12.8 Å². The molecule has 1 unspecified atom stereocenters. The van der Waals surface area contributed by atoms with Crippen molar-refractivity contribution in [1.82, 2.24) is 4.98 Å². The molecule has 2 rings (SSSR count). The van der Waals surface area contributed by atoms with Crippen molar-refractivity contribution in [1.29, 1.82) is 0 Å². The van der Waals surface area contributed by atoms with Crippen molar-refractivity contribution in [3.8, 4) is 0 Å². The lowest BCUT2D eigenvalue weighted by Crippen LogP contribution is -2.18. The van der Waals surface area contributed by atoms with Crippen LogP contribution in [-0.2, 0) is 11.0 Å². The van der Waals surface area contributed by atoms with Crippen LogP contribution in [0.3, 0.4) is 0 Å². The average molecular weight is 245 g/mol. The molecule has 0 bridgehead atoms. The summed E-state index contributed by atoms with van der Waals surface area (Å²) in [7, 11) is -1.05. The Kier molecular flexibility index (Phi) is 3.59. The number of aromatic nitrogens is 1. The minimum Gasteiger partial charge on any atom is -0.288 e. The van der Waals surface area contributed by atoms with E-state index >= 15 is 0 Å². The Bertz CT molecular complexity index is 366. The number of rotatable bonds is 3. The van der Waals surface area contributed by atoms with Crippen LogP contribution in [0.1, 0.15) is 25.7 Å². The maximum Gasteiger partial charge on any atom is 0.156 e. The lowest BCUT2D eigenvalue weighted by molar-refractivity contribution is 0.673. The highest BCUT2D eigenvalue weighted by Gasteiger charge is 2.22. The van der Waals surface area contributed by atoms with E-state index in [1.807, 2.05) is 0 Å². The summed E-state index contributed by atoms with van der Waals surface area (Å²) in [5.41, 5.74) is 0. The quantitative estimate of drug-likeness (QED) is 0.889. The second-order valence-corrected chi connectivity index (χ2v) is 5.51. The molecule has 0 spiro atoms. The molecule has 0 aliphatic heterocycles. The van der Waals surface area contributed by atoms with E-state index in [4.69, 9.17) is 11.6 Å². The second kappa shape index (κ2) is 4.94. The molecule has 1 fully saturated rings. The number of nitrogens with one attached hydrogen (secondary N) is 1. The van der Waals surface area contributed by atoms with Crippen LogP contribution in [0.5, 0.6) is 0 Å². The van der Waals surface area contributed by atoms with Gasteiger partial charge in [-0.2, -0.15) is 0 Å². The van der Waals surface area contributed by atoms with Gasteiger partial charge < -0.3 is 0 Å². The molecule has 1 aliphatic carbocycles. The van der Waals surface area contributed by atoms with Crippen LogP contribution >= 0.6 is 11.6 Å². The highest BCUT2D eigenvalue weighted by atomic mass is 35.5. The first-order valence-electron chi connectivity index (χ1n) is 5.05. The first kappa shape index (κ1) is 10.9. The minimum absolute atomic E-state index is 0.253. The number of nitrogens with zero attached hydrogens (tertiary/aromatic N) is 1. The number of pyridine rings is 1. The number of halogens is 1. The van der Waals surface area contributed by atoms with Crippen molar-refractivity contribution in [3.05, 3.63) is 23.4 Å². The Labute approximate surface area is 96.8 Å². The molecule has 0 radical (unpaired) electrons. The molecule has 1 saturated carbocycles. The van der Waals surface area contributed by atoms with Crippen molar-refractivity contribution in [2.45, 2.75) is 30.9 Å². The Morgan fingerprint density at radius 1 is 1.47 bits per heavy atom. The average Bonchev–Trinajstić information content (AvgIpc) is 2.74. The van der Waals surface area contributed by atoms with E-state index in [0.717, 1.165) is 12.8 Å². The van der Waals surface area contributed by atoms with Gasteiger partial charge in [0, 0.05) is 6.20 Å². The van der Waals surface area contributed by atoms with Crippen LogP contribution in [0.25, 0.3) is 0 Å². The third-order valence-electron chi connectivity index (χ3n) is 2.56. The van der Waals surface area contributed by atoms with Gasteiger partial charge in [0.15, 0.2) is 5.82 Å². The summed E-state index contributed by atoms with van der Waals surface area (Å²) in [4.78, 5) is 4.05. The Morgan fingerprint density at radius 3 is 2.87 bits per heavy atom. The maximum absolute atomic E-state index is 11.9. The number of hydrogen-bond acceptors (Lipinski definition) is 2. The Hall–Kier alpha value is -0.610. The van der Waals surface area contributed by atoms with Crippen molar-refractivity contribution in [3.63, 3.8) is 0 Å². The fourth-order valence-corrected chi connectivity index (χ4v) is 3.25. The summed E-state index contributed by atoms with van der Waals surface area (Å²) in [6.07, 6.45) is 6.05. The first-order valence-corrected chi connectivity index (χ1v) is 6.64. The number of hydrogen-bond donors (Lipinski definition) is 1. The molecule has 0 aromatic carbocycles. The largest absolute Gasteiger partial charge is 0.288 e. The van der Waals surface area contributed by atoms with E-state index in [-0.39, 0.29) is 5.25 Å². The summed E-state index contributed by atoms with van der Waals surface area (Å²) < 4.78 is 14.7. The van der Waals surface area contributed by atoms with Gasteiger partial charge in [-0.25, -0.2) is 9.19 Å². The molecular weight excluding hydrogens is 232 g/mol. The van der Waals surface area contributed by atoms with Crippen LogP contribution < -0.4 is 4.72 Å². The topological polar surface area (TPSA) is 42.0 Å². The monoisotopic (exact) mass is 244 g/mol. The lowest BCUT2D eigenvalue weighted by Gasteiger charge is -2.11. The minimum atomic E-state index is -1.05. The summed E-state index contributed by atoms with van der Waals surface area (Å²) in [6.45, 7) is 0. The van der Waals surface area contributed by atoms with E-state index < -0.39 is 11.0 Å². The molecular formula is C10H13ClN2OS. The van der Waals surface area contributed by atoms with Gasteiger partial charge >= 0.3 is 0 Å². The molecule has 1 aromatic heterocycles. The van der Waals surface area contributed by atoms with Crippen LogP contribution in [0.15, 0.2) is 18.3 Å². The summed E-state index contributed by atoms with van der Waals surface area (Å²) in [6, 6.07) is 3.49. The maximum atomic E-state index is 11.9. The zero-order valence-electron chi connectivity index (χ0n) is 8.28. The van der Waals surface area contributed by atoms with Gasteiger partial charge in [-0.15, -0.1) is 0 Å². The summed E-state index contributed by atoms with van der Waals surface area (Å²) in [5, 5.41) is 0.770. The summed E-state index contributed by atoms with van der Waals surface area (Å²) >= 11 is 5.92. The Balaban J connectivity index is 2.02. The van der Waals surface area contributed by atoms with Gasteiger partial charge in [-0.05, 0) is 25.0 Å². The molecule has 1 atom stereocenters. The van der Waals surface area contributed by atoms with Gasteiger partial charge in [0.1, 0.15) is 11.0 Å². The standard InChI is InChI=1S/C10H13ClN2OS/c11-9-6-3-7-12-10(9)13-15(14)8-4-1-2-5-8/h3,6-8H,1-2,4-5H2,(H,12,13). The highest BCUT2D eigenvalue weighted by molar-refractivity contribution is 7.87. The third-order valence-corrected chi connectivity index (χ3v) is 4.34. The molecule has 82 valence electrons. The smallest absolute Gasteiger partial charge is 0.156 e. The van der Waals surface area contributed by atoms with Crippen molar-refractivity contribution < 1.29 is 4.21 Å². The van der Waals surface area contributed by atoms with Crippen LogP contribution in [0.2, 0.25) is 5.02 Å². The first-order chi connectivity index (χ1) is 7.27. The van der Waals surface area contributed by atoms with E-state index in [2.05, 4.69) is 9.71 Å². The van der Waals surface area contributed by atoms with Crippen LogP contribution in [-0.4, -0.2) is 14.4 Å². The summed E-state index contributed by atoms with van der Waals surface area (Å²) in [5.74, 6) is 0.518. The normalized spacial score (nSPS) is 19.0. The molecule has 3 nitrogen and oxygen atoms in total. The fraction of sp³-hybridized carbons (Fsp3) is 0.500. The molecule has 0 saturated heterocycles. The predicted octanol–water partition coefficient (Wildman–Crippen LogP) is 2.75. The molecule has 1 N–H and O–H groups in total. The molecule has 1 heterocycles. The van der Waals surface area contributed by atoms with Crippen molar-refractivity contribution in [2.24, 2.45) is 0 Å². The molecule has 5 heteroatoms. The van der Waals surface area contributed by atoms with Gasteiger partial charge in [0.05, 0.1) is 10.3 Å². The van der Waals surface area contributed by atoms with Crippen LogP contribution in [0.4, 0.5) is 5.82 Å².